The van der Waals surface area contributed by atoms with Crippen molar-refractivity contribution in [2.75, 3.05) is 33.4 Å². The monoisotopic (exact) mass is 500 g/mol. The predicted molar refractivity (Wildman–Crippen MR) is 140 cm³/mol. The molecule has 7 nitrogen and oxygen atoms in total. The lowest BCUT2D eigenvalue weighted by Gasteiger charge is -2.27. The lowest BCUT2D eigenvalue weighted by Crippen LogP contribution is -2.41. The first-order valence-corrected chi connectivity index (χ1v) is 12.9. The third kappa shape index (κ3) is 5.45. The van der Waals surface area contributed by atoms with Crippen LogP contribution in [0.4, 0.5) is 0 Å². The second-order valence-corrected chi connectivity index (χ2v) is 9.39. The minimum Gasteiger partial charge on any atom is -0.497 e. The number of amides is 1. The Labute approximate surface area is 215 Å². The molecule has 184 valence electrons. The molecular formula is C28H28N4O3S. The normalized spacial score (nSPS) is 13.5. The van der Waals surface area contributed by atoms with Gasteiger partial charge in [-0.2, -0.15) is 0 Å². The highest BCUT2D eigenvalue weighted by Gasteiger charge is 2.22. The fourth-order valence-electron chi connectivity index (χ4n) is 4.21. The fraction of sp³-hybridized carbons (Fsp3) is 0.250. The van der Waals surface area contributed by atoms with Crippen molar-refractivity contribution in [3.63, 3.8) is 0 Å². The summed E-state index contributed by atoms with van der Waals surface area (Å²) in [5.74, 6) is 2.30. The van der Waals surface area contributed by atoms with E-state index in [2.05, 4.69) is 26.9 Å². The number of hydrogen-bond donors (Lipinski definition) is 0. The van der Waals surface area contributed by atoms with Crippen molar-refractivity contribution in [3.05, 3.63) is 101 Å². The van der Waals surface area contributed by atoms with Crippen LogP contribution in [0.1, 0.15) is 27.3 Å². The van der Waals surface area contributed by atoms with E-state index in [-0.39, 0.29) is 5.91 Å². The van der Waals surface area contributed by atoms with Crippen molar-refractivity contribution in [2.45, 2.75) is 17.3 Å². The molecule has 1 amide bonds. The third-order valence-electron chi connectivity index (χ3n) is 6.14. The van der Waals surface area contributed by atoms with Crippen LogP contribution < -0.4 is 4.74 Å². The zero-order valence-corrected chi connectivity index (χ0v) is 21.0. The summed E-state index contributed by atoms with van der Waals surface area (Å²) in [5, 5.41) is 9.87. The van der Waals surface area contributed by atoms with Crippen molar-refractivity contribution >= 4 is 17.7 Å². The van der Waals surface area contributed by atoms with Crippen molar-refractivity contribution in [1.82, 2.24) is 19.7 Å². The van der Waals surface area contributed by atoms with Gasteiger partial charge < -0.3 is 14.4 Å². The smallest absolute Gasteiger partial charge is 0.254 e. The zero-order valence-electron chi connectivity index (χ0n) is 20.2. The molecule has 3 aromatic carbocycles. The molecule has 8 heteroatoms. The maximum atomic E-state index is 13.2. The lowest BCUT2D eigenvalue weighted by molar-refractivity contribution is 0.0302. The molecule has 1 aliphatic heterocycles. The van der Waals surface area contributed by atoms with Gasteiger partial charge in [-0.25, -0.2) is 0 Å². The molecule has 1 saturated heterocycles. The Morgan fingerprint density at radius 2 is 1.67 bits per heavy atom. The van der Waals surface area contributed by atoms with Gasteiger partial charge in [-0.1, -0.05) is 60.3 Å². The average molecular weight is 501 g/mol. The molecule has 4 aromatic rings. The Kier molecular flexibility index (Phi) is 7.64. The number of carbonyl (C=O) groups excluding carboxylic acids is 1. The number of rotatable bonds is 8. The summed E-state index contributed by atoms with van der Waals surface area (Å²) in [4.78, 5) is 15.1. The van der Waals surface area contributed by atoms with Gasteiger partial charge in [-0.3, -0.25) is 9.36 Å². The highest BCUT2D eigenvalue weighted by molar-refractivity contribution is 7.98. The summed E-state index contributed by atoms with van der Waals surface area (Å²) >= 11 is 1.58. The molecule has 1 aliphatic rings. The van der Waals surface area contributed by atoms with E-state index in [1.54, 1.807) is 18.9 Å². The van der Waals surface area contributed by atoms with E-state index in [0.717, 1.165) is 39.1 Å². The SMILES string of the molecule is COc1ccc(-n2c(Cc3ccccc3)nnc2SCc2ccccc2C(=O)N2CCOCC2)cc1. The number of aromatic nitrogens is 3. The summed E-state index contributed by atoms with van der Waals surface area (Å²) in [6.45, 7) is 2.40. The van der Waals surface area contributed by atoms with E-state index in [9.17, 15) is 4.79 Å². The van der Waals surface area contributed by atoms with Gasteiger partial charge in [0.1, 0.15) is 11.6 Å². The highest BCUT2D eigenvalue weighted by atomic mass is 32.2. The van der Waals surface area contributed by atoms with Crippen molar-refractivity contribution in [3.8, 4) is 11.4 Å². The summed E-state index contributed by atoms with van der Waals surface area (Å²) in [6.07, 6.45) is 0.659. The van der Waals surface area contributed by atoms with E-state index in [4.69, 9.17) is 9.47 Å². The van der Waals surface area contributed by atoms with E-state index in [0.29, 0.717) is 38.5 Å². The zero-order chi connectivity index (χ0) is 24.7. The van der Waals surface area contributed by atoms with Gasteiger partial charge >= 0.3 is 0 Å². The molecule has 0 radical (unpaired) electrons. The number of thioether (sulfide) groups is 1. The maximum Gasteiger partial charge on any atom is 0.254 e. The van der Waals surface area contributed by atoms with Gasteiger partial charge in [0.15, 0.2) is 5.16 Å². The number of ether oxygens (including phenoxy) is 2. The summed E-state index contributed by atoms with van der Waals surface area (Å²) in [6, 6.07) is 26.0. The number of nitrogens with zero attached hydrogens (tertiary/aromatic N) is 4. The molecule has 0 atom stereocenters. The second kappa shape index (κ2) is 11.4. The van der Waals surface area contributed by atoms with Crippen LogP contribution in [0.2, 0.25) is 0 Å². The molecule has 0 saturated carbocycles. The maximum absolute atomic E-state index is 13.2. The summed E-state index contributed by atoms with van der Waals surface area (Å²) in [5.41, 5.74) is 3.84. The number of morpholine rings is 1. The van der Waals surface area contributed by atoms with Gasteiger partial charge in [0.05, 0.1) is 20.3 Å². The molecule has 0 bridgehead atoms. The largest absolute Gasteiger partial charge is 0.497 e. The topological polar surface area (TPSA) is 69.5 Å². The lowest BCUT2D eigenvalue weighted by atomic mass is 10.1. The highest BCUT2D eigenvalue weighted by Crippen LogP contribution is 2.29. The van der Waals surface area contributed by atoms with Gasteiger partial charge in [0, 0.05) is 36.5 Å². The van der Waals surface area contributed by atoms with Gasteiger partial charge in [-0.15, -0.1) is 10.2 Å². The number of carbonyl (C=O) groups is 1. The van der Waals surface area contributed by atoms with Crippen LogP contribution in [-0.4, -0.2) is 59.0 Å². The third-order valence-corrected chi connectivity index (χ3v) is 7.12. The molecule has 0 unspecified atom stereocenters. The van der Waals surface area contributed by atoms with E-state index < -0.39 is 0 Å². The minimum absolute atomic E-state index is 0.0517. The molecule has 0 N–H and O–H groups in total. The standard InChI is InChI=1S/C28H28N4O3S/c1-34-24-13-11-23(12-14-24)32-26(19-21-7-3-2-4-8-21)29-30-28(32)36-20-22-9-5-6-10-25(22)27(33)31-15-17-35-18-16-31/h2-14H,15-20H2,1H3. The Morgan fingerprint density at radius 1 is 0.944 bits per heavy atom. The molecular weight excluding hydrogens is 472 g/mol. The number of benzene rings is 3. The van der Waals surface area contributed by atoms with Crippen LogP contribution >= 0.6 is 11.8 Å². The van der Waals surface area contributed by atoms with Crippen LogP contribution in [0.15, 0.2) is 84.0 Å². The van der Waals surface area contributed by atoms with E-state index >= 15 is 0 Å². The first-order chi connectivity index (χ1) is 17.7. The fourth-order valence-corrected chi connectivity index (χ4v) is 5.19. The van der Waals surface area contributed by atoms with Gasteiger partial charge in [-0.05, 0) is 41.5 Å². The van der Waals surface area contributed by atoms with Gasteiger partial charge in [0.25, 0.3) is 5.91 Å². The molecule has 0 spiro atoms. The van der Waals surface area contributed by atoms with E-state index in [1.165, 1.54) is 0 Å². The first kappa shape index (κ1) is 24.1. The molecule has 2 heterocycles. The summed E-state index contributed by atoms with van der Waals surface area (Å²) in [7, 11) is 1.66. The average Bonchev–Trinajstić information content (AvgIpc) is 3.34. The van der Waals surface area contributed by atoms with Crippen LogP contribution in [0.3, 0.4) is 0 Å². The first-order valence-electron chi connectivity index (χ1n) is 11.9. The van der Waals surface area contributed by atoms with Crippen LogP contribution in [0.25, 0.3) is 5.69 Å². The molecule has 1 aromatic heterocycles. The van der Waals surface area contributed by atoms with Crippen LogP contribution in [-0.2, 0) is 16.9 Å². The summed E-state index contributed by atoms with van der Waals surface area (Å²) < 4.78 is 12.8. The Hall–Kier alpha value is -3.62. The number of hydrogen-bond acceptors (Lipinski definition) is 6. The molecule has 0 aliphatic carbocycles. The quantitative estimate of drug-likeness (QED) is 0.329. The Morgan fingerprint density at radius 3 is 2.42 bits per heavy atom. The second-order valence-electron chi connectivity index (χ2n) is 8.45. The molecule has 36 heavy (non-hydrogen) atoms. The van der Waals surface area contributed by atoms with Crippen molar-refractivity contribution in [2.24, 2.45) is 0 Å². The predicted octanol–water partition coefficient (Wildman–Crippen LogP) is 4.63. The van der Waals surface area contributed by atoms with Crippen LogP contribution in [0.5, 0.6) is 5.75 Å². The van der Waals surface area contributed by atoms with Crippen LogP contribution in [0, 0.1) is 0 Å². The van der Waals surface area contributed by atoms with Crippen molar-refractivity contribution < 1.29 is 14.3 Å². The van der Waals surface area contributed by atoms with E-state index in [1.807, 2.05) is 71.6 Å². The molecule has 1 fully saturated rings. The molecule has 5 rings (SSSR count). The minimum atomic E-state index is 0.0517. The Bertz CT molecular complexity index is 1300. The van der Waals surface area contributed by atoms with Gasteiger partial charge in [0.2, 0.25) is 0 Å². The van der Waals surface area contributed by atoms with Crippen molar-refractivity contribution in [1.29, 1.82) is 0 Å². The number of methoxy groups -OCH3 is 1. The Balaban J connectivity index is 1.42.